The number of thiol groups is 1. The van der Waals surface area contributed by atoms with E-state index in [2.05, 4.69) is 12.6 Å². The van der Waals surface area contributed by atoms with Gasteiger partial charge in [0, 0.05) is 0 Å². The number of para-hydroxylation sites is 1. The van der Waals surface area contributed by atoms with E-state index >= 15 is 0 Å². The lowest BCUT2D eigenvalue weighted by Gasteiger charge is -2.07. The second-order valence-electron chi connectivity index (χ2n) is 2.66. The maximum atomic E-state index is 11.2. The molecule has 0 aromatic heterocycles. The molecule has 0 aliphatic rings. The third-order valence-corrected chi connectivity index (χ3v) is 2.20. The van der Waals surface area contributed by atoms with E-state index in [0.29, 0.717) is 12.2 Å². The Hall–Kier alpha value is -0.960. The van der Waals surface area contributed by atoms with Crippen LogP contribution in [0.3, 0.4) is 0 Å². The molecule has 13 heavy (non-hydrogen) atoms. The van der Waals surface area contributed by atoms with Crippen LogP contribution in [0.15, 0.2) is 30.3 Å². The van der Waals surface area contributed by atoms with Crippen LogP contribution in [-0.2, 0) is 4.79 Å². The highest BCUT2D eigenvalue weighted by Gasteiger charge is 2.13. The fourth-order valence-corrected chi connectivity index (χ4v) is 0.892. The van der Waals surface area contributed by atoms with Gasteiger partial charge in [-0.15, -0.1) is 0 Å². The molecule has 0 amide bonds. The smallest absolute Gasteiger partial charge is 0.324 e. The van der Waals surface area contributed by atoms with Gasteiger partial charge in [-0.25, -0.2) is 0 Å². The SMILES string of the molecule is CCC(S)C(=O)Oc1ccccc1. The lowest BCUT2D eigenvalue weighted by atomic mass is 10.3. The third kappa shape index (κ3) is 3.11. The van der Waals surface area contributed by atoms with E-state index in [1.54, 1.807) is 12.1 Å². The summed E-state index contributed by atoms with van der Waals surface area (Å²) in [7, 11) is 0. The summed E-state index contributed by atoms with van der Waals surface area (Å²) in [6.07, 6.45) is 0.675. The quantitative estimate of drug-likeness (QED) is 0.456. The van der Waals surface area contributed by atoms with Gasteiger partial charge in [-0.3, -0.25) is 4.79 Å². The van der Waals surface area contributed by atoms with Crippen LogP contribution in [0.25, 0.3) is 0 Å². The van der Waals surface area contributed by atoms with Gasteiger partial charge in [0.1, 0.15) is 5.75 Å². The molecular weight excluding hydrogens is 184 g/mol. The first kappa shape index (κ1) is 10.1. The number of ether oxygens (including phenoxy) is 1. The van der Waals surface area contributed by atoms with Crippen molar-refractivity contribution in [2.45, 2.75) is 18.6 Å². The van der Waals surface area contributed by atoms with Crippen LogP contribution in [0.2, 0.25) is 0 Å². The first-order valence-corrected chi connectivity index (χ1v) is 4.70. The van der Waals surface area contributed by atoms with E-state index in [1.165, 1.54) is 0 Å². The van der Waals surface area contributed by atoms with E-state index < -0.39 is 0 Å². The summed E-state index contributed by atoms with van der Waals surface area (Å²) in [5.41, 5.74) is 0. The molecule has 0 bridgehead atoms. The first-order valence-electron chi connectivity index (χ1n) is 4.19. The van der Waals surface area contributed by atoms with Crippen LogP contribution >= 0.6 is 12.6 Å². The second-order valence-corrected chi connectivity index (χ2v) is 3.28. The Kier molecular flexibility index (Phi) is 3.83. The fraction of sp³-hybridized carbons (Fsp3) is 0.300. The molecule has 1 rings (SSSR count). The minimum Gasteiger partial charge on any atom is -0.426 e. The maximum Gasteiger partial charge on any atom is 0.324 e. The van der Waals surface area contributed by atoms with Crippen LogP contribution in [0.1, 0.15) is 13.3 Å². The Bertz CT molecular complexity index is 272. The zero-order valence-corrected chi connectivity index (χ0v) is 8.33. The number of carbonyl (C=O) groups excluding carboxylic acids is 1. The minimum atomic E-state index is -0.333. The highest BCUT2D eigenvalue weighted by molar-refractivity contribution is 7.81. The second kappa shape index (κ2) is 4.92. The van der Waals surface area contributed by atoms with E-state index in [1.807, 2.05) is 25.1 Å². The molecule has 70 valence electrons. The Labute approximate surface area is 83.3 Å². The lowest BCUT2D eigenvalue weighted by molar-refractivity contribution is -0.133. The fourth-order valence-electron chi connectivity index (χ4n) is 0.839. The predicted molar refractivity (Wildman–Crippen MR) is 55.1 cm³/mol. The largest absolute Gasteiger partial charge is 0.426 e. The monoisotopic (exact) mass is 196 g/mol. The third-order valence-electron chi connectivity index (χ3n) is 1.62. The molecule has 1 unspecified atom stereocenters. The Morgan fingerprint density at radius 3 is 2.62 bits per heavy atom. The summed E-state index contributed by atoms with van der Waals surface area (Å²) in [5, 5.41) is -0.333. The molecule has 1 aromatic rings. The molecular formula is C10H12O2S. The van der Waals surface area contributed by atoms with Crippen molar-refractivity contribution in [3.63, 3.8) is 0 Å². The molecule has 0 heterocycles. The number of benzene rings is 1. The molecule has 1 atom stereocenters. The number of hydrogen-bond acceptors (Lipinski definition) is 3. The molecule has 0 radical (unpaired) electrons. The van der Waals surface area contributed by atoms with Gasteiger partial charge >= 0.3 is 5.97 Å². The van der Waals surface area contributed by atoms with Crippen molar-refractivity contribution in [2.75, 3.05) is 0 Å². The van der Waals surface area contributed by atoms with Gasteiger partial charge < -0.3 is 4.74 Å². The van der Waals surface area contributed by atoms with Gasteiger partial charge in [-0.2, -0.15) is 12.6 Å². The van der Waals surface area contributed by atoms with Crippen molar-refractivity contribution in [1.82, 2.24) is 0 Å². The van der Waals surface area contributed by atoms with Gasteiger partial charge in [-0.1, -0.05) is 25.1 Å². The topological polar surface area (TPSA) is 26.3 Å². The van der Waals surface area contributed by atoms with Crippen molar-refractivity contribution < 1.29 is 9.53 Å². The van der Waals surface area contributed by atoms with E-state index in [9.17, 15) is 4.79 Å². The number of rotatable bonds is 3. The van der Waals surface area contributed by atoms with Gasteiger partial charge in [-0.05, 0) is 18.6 Å². The molecule has 0 spiro atoms. The number of esters is 1. The summed E-state index contributed by atoms with van der Waals surface area (Å²) in [4.78, 5) is 11.2. The van der Waals surface area contributed by atoms with Gasteiger partial charge in [0.05, 0.1) is 5.25 Å². The average Bonchev–Trinajstić information content (AvgIpc) is 2.18. The summed E-state index contributed by atoms with van der Waals surface area (Å²) >= 11 is 4.08. The van der Waals surface area contributed by atoms with Crippen molar-refractivity contribution in [1.29, 1.82) is 0 Å². The predicted octanol–water partition coefficient (Wildman–Crippen LogP) is 2.30. The standard InChI is InChI=1S/C10H12O2S/c1-2-9(13)10(11)12-8-6-4-3-5-7-8/h3-7,9,13H,2H2,1H3. The highest BCUT2D eigenvalue weighted by Crippen LogP contribution is 2.11. The summed E-state index contributed by atoms with van der Waals surface area (Å²) in [6, 6.07) is 9.00. The molecule has 0 aliphatic heterocycles. The van der Waals surface area contributed by atoms with Gasteiger partial charge in [0.2, 0.25) is 0 Å². The van der Waals surface area contributed by atoms with E-state index in [4.69, 9.17) is 4.74 Å². The molecule has 1 aromatic carbocycles. The van der Waals surface area contributed by atoms with Gasteiger partial charge in [0.15, 0.2) is 0 Å². The molecule has 0 saturated heterocycles. The molecule has 0 N–H and O–H groups in total. The van der Waals surface area contributed by atoms with Crippen LogP contribution in [0.4, 0.5) is 0 Å². The van der Waals surface area contributed by atoms with Crippen LogP contribution in [0, 0.1) is 0 Å². The number of carbonyl (C=O) groups is 1. The normalized spacial score (nSPS) is 12.2. The molecule has 0 saturated carbocycles. The van der Waals surface area contributed by atoms with Crippen molar-refractivity contribution in [3.8, 4) is 5.75 Å². The van der Waals surface area contributed by atoms with Crippen molar-refractivity contribution >= 4 is 18.6 Å². The zero-order valence-electron chi connectivity index (χ0n) is 7.43. The zero-order chi connectivity index (χ0) is 9.68. The molecule has 3 heteroatoms. The lowest BCUT2D eigenvalue weighted by Crippen LogP contribution is -2.19. The first-order chi connectivity index (χ1) is 6.24. The Morgan fingerprint density at radius 2 is 2.08 bits per heavy atom. The molecule has 2 nitrogen and oxygen atoms in total. The summed E-state index contributed by atoms with van der Waals surface area (Å²) in [6.45, 7) is 1.89. The van der Waals surface area contributed by atoms with Crippen LogP contribution in [0.5, 0.6) is 5.75 Å². The van der Waals surface area contributed by atoms with Gasteiger partial charge in [0.25, 0.3) is 0 Å². The van der Waals surface area contributed by atoms with Crippen LogP contribution in [-0.4, -0.2) is 11.2 Å². The summed E-state index contributed by atoms with van der Waals surface area (Å²) < 4.78 is 5.05. The molecule has 0 fully saturated rings. The van der Waals surface area contributed by atoms with E-state index in [-0.39, 0.29) is 11.2 Å². The average molecular weight is 196 g/mol. The maximum absolute atomic E-state index is 11.2. The number of hydrogen-bond donors (Lipinski definition) is 1. The Morgan fingerprint density at radius 1 is 1.46 bits per heavy atom. The minimum absolute atomic E-state index is 0.294. The Balaban J connectivity index is 2.55. The van der Waals surface area contributed by atoms with Crippen LogP contribution < -0.4 is 4.74 Å². The van der Waals surface area contributed by atoms with Crippen molar-refractivity contribution in [3.05, 3.63) is 30.3 Å². The van der Waals surface area contributed by atoms with Crippen molar-refractivity contribution in [2.24, 2.45) is 0 Å². The summed E-state index contributed by atoms with van der Waals surface area (Å²) in [5.74, 6) is 0.275. The molecule has 0 aliphatic carbocycles. The van der Waals surface area contributed by atoms with E-state index in [0.717, 1.165) is 0 Å². The highest BCUT2D eigenvalue weighted by atomic mass is 32.1.